The first-order chi connectivity index (χ1) is 21.4. The molecule has 4 atom stereocenters. The van der Waals surface area contributed by atoms with Crippen molar-refractivity contribution in [1.29, 1.82) is 0 Å². The number of halogens is 1. The highest BCUT2D eigenvalue weighted by molar-refractivity contribution is 14.1. The number of methoxy groups -OCH3 is 1. The number of benzene rings is 3. The van der Waals surface area contributed by atoms with E-state index in [0.717, 1.165) is 16.7 Å². The van der Waals surface area contributed by atoms with Gasteiger partial charge in [0.15, 0.2) is 23.1 Å². The van der Waals surface area contributed by atoms with Crippen molar-refractivity contribution in [2.45, 2.75) is 29.7 Å². The number of imidazole rings is 1. The molecule has 0 aliphatic carbocycles. The molecule has 0 spiro atoms. The van der Waals surface area contributed by atoms with E-state index >= 15 is 0 Å². The molecule has 0 unspecified atom stereocenters. The van der Waals surface area contributed by atoms with E-state index in [2.05, 4.69) is 25.3 Å². The third kappa shape index (κ3) is 4.86. The second kappa shape index (κ2) is 11.9. The minimum absolute atomic E-state index is 0.00827. The summed E-state index contributed by atoms with van der Waals surface area (Å²) >= 11 is 1.91. The highest BCUT2D eigenvalue weighted by atomic mass is 127. The van der Waals surface area contributed by atoms with Gasteiger partial charge in [0.1, 0.15) is 23.5 Å². The number of hydrogen-bond acceptors (Lipinski definition) is 9. The fourth-order valence-electron chi connectivity index (χ4n) is 5.57. The number of fused-ring (bicyclic) bond motifs is 1. The van der Waals surface area contributed by atoms with Gasteiger partial charge in [-0.1, -0.05) is 101 Å². The van der Waals surface area contributed by atoms with Crippen molar-refractivity contribution in [1.82, 2.24) is 19.5 Å². The summed E-state index contributed by atoms with van der Waals surface area (Å²) < 4.78 is 12.8. The SMILES string of the molecule is COc1ccc(C(Nc2nc3c(ncn3[C@@H]3O[C@@](CI)(N=[N+]=[N-])[C@@H](O)[C@@H]3O)c(=O)[nH]2)(c2ccccc2)c2ccccc2)cc1. The smallest absolute Gasteiger partial charge is 0.280 e. The predicted octanol–water partition coefficient (Wildman–Crippen LogP) is 4.22. The van der Waals surface area contributed by atoms with Gasteiger partial charge >= 0.3 is 0 Å². The van der Waals surface area contributed by atoms with E-state index in [1.165, 1.54) is 10.9 Å². The van der Waals surface area contributed by atoms with Crippen LogP contribution in [-0.2, 0) is 10.3 Å². The molecule has 1 fully saturated rings. The minimum Gasteiger partial charge on any atom is -0.497 e. The molecule has 3 heterocycles. The van der Waals surface area contributed by atoms with Crippen LogP contribution in [0.3, 0.4) is 0 Å². The van der Waals surface area contributed by atoms with E-state index in [0.29, 0.717) is 5.75 Å². The van der Waals surface area contributed by atoms with Crippen LogP contribution >= 0.6 is 22.6 Å². The monoisotopic (exact) mass is 706 g/mol. The van der Waals surface area contributed by atoms with Gasteiger partial charge in [0, 0.05) is 9.34 Å². The molecule has 0 bridgehead atoms. The normalized spacial score (nSPS) is 21.6. The number of H-pyrrole nitrogens is 1. The van der Waals surface area contributed by atoms with Crippen molar-refractivity contribution in [3.8, 4) is 5.75 Å². The van der Waals surface area contributed by atoms with Gasteiger partial charge < -0.3 is 25.0 Å². The molecular weight excluding hydrogens is 679 g/mol. The van der Waals surface area contributed by atoms with Crippen molar-refractivity contribution in [2.75, 3.05) is 16.9 Å². The second-order valence-electron chi connectivity index (χ2n) is 10.2. The highest BCUT2D eigenvalue weighted by Crippen LogP contribution is 2.42. The summed E-state index contributed by atoms with van der Waals surface area (Å²) in [7, 11) is 1.60. The van der Waals surface area contributed by atoms with Gasteiger partial charge in [-0.3, -0.25) is 14.3 Å². The third-order valence-electron chi connectivity index (χ3n) is 7.76. The Morgan fingerprint density at radius 2 is 1.70 bits per heavy atom. The van der Waals surface area contributed by atoms with Gasteiger partial charge in [-0.25, -0.2) is 4.98 Å². The Labute approximate surface area is 264 Å². The van der Waals surface area contributed by atoms with Crippen molar-refractivity contribution < 1.29 is 19.7 Å². The van der Waals surface area contributed by atoms with Gasteiger partial charge in [0.25, 0.3) is 5.56 Å². The molecule has 4 N–H and O–H groups in total. The van der Waals surface area contributed by atoms with Gasteiger partial charge in [-0.05, 0) is 34.4 Å². The Morgan fingerprint density at radius 1 is 1.09 bits per heavy atom. The summed E-state index contributed by atoms with van der Waals surface area (Å²) in [6.45, 7) is 0. The van der Waals surface area contributed by atoms with E-state index in [9.17, 15) is 15.0 Å². The Hall–Kier alpha value is -4.47. The number of rotatable bonds is 9. The lowest BCUT2D eigenvalue weighted by molar-refractivity contribution is -0.0824. The maximum atomic E-state index is 13.4. The zero-order valence-electron chi connectivity index (χ0n) is 23.3. The zero-order chi connectivity index (χ0) is 30.9. The Morgan fingerprint density at radius 3 is 2.27 bits per heavy atom. The molecule has 5 aromatic rings. The number of aromatic amines is 1. The summed E-state index contributed by atoms with van der Waals surface area (Å²) in [4.78, 5) is 28.0. The van der Waals surface area contributed by atoms with Gasteiger partial charge in [-0.2, -0.15) is 4.98 Å². The van der Waals surface area contributed by atoms with Crippen LogP contribution in [0.25, 0.3) is 21.6 Å². The first-order valence-electron chi connectivity index (χ1n) is 13.5. The lowest BCUT2D eigenvalue weighted by Gasteiger charge is -2.37. The van der Waals surface area contributed by atoms with Crippen LogP contribution in [0.2, 0.25) is 0 Å². The second-order valence-corrected chi connectivity index (χ2v) is 10.9. The number of nitrogens with zero attached hydrogens (tertiary/aromatic N) is 6. The number of aromatic nitrogens is 4. The van der Waals surface area contributed by atoms with Crippen LogP contribution in [-0.4, -0.2) is 59.2 Å². The van der Waals surface area contributed by atoms with Crippen LogP contribution in [0, 0.1) is 0 Å². The standard InChI is InChI=1S/C30H27IN8O5/c1-43-21-14-12-20(13-15-21)30(18-8-4-2-5-9-18,19-10-6-3-7-11-19)36-28-34-25-22(26(42)35-28)33-17-39(25)27-23(40)24(41)29(16-31,44-27)37-38-32/h2-15,17,23-24,27,40-41H,16H2,1H3,(H2,34,35,36,42)/t23-,24-,27+,29+/m0/s1. The number of hydrogen-bond donors (Lipinski definition) is 4. The van der Waals surface area contributed by atoms with Crippen molar-refractivity contribution in [3.05, 3.63) is 129 Å². The molecule has 3 aromatic carbocycles. The number of ether oxygens (including phenoxy) is 2. The zero-order valence-corrected chi connectivity index (χ0v) is 25.4. The maximum absolute atomic E-state index is 13.4. The quantitative estimate of drug-likeness (QED) is 0.0439. The fraction of sp³-hybridized carbons (Fsp3) is 0.233. The molecule has 1 saturated heterocycles. The Balaban J connectivity index is 1.53. The van der Waals surface area contributed by atoms with Crippen molar-refractivity contribution in [2.24, 2.45) is 5.11 Å². The molecule has 1 aliphatic rings. The van der Waals surface area contributed by atoms with Crippen LogP contribution in [0.15, 0.2) is 101 Å². The molecule has 0 radical (unpaired) electrons. The maximum Gasteiger partial charge on any atom is 0.280 e. The van der Waals surface area contributed by atoms with E-state index in [1.54, 1.807) is 7.11 Å². The summed E-state index contributed by atoms with van der Waals surface area (Å²) in [6, 6.07) is 27.1. The molecule has 44 heavy (non-hydrogen) atoms. The van der Waals surface area contributed by atoms with Crippen LogP contribution in [0.5, 0.6) is 5.75 Å². The molecule has 0 amide bonds. The molecule has 224 valence electrons. The van der Waals surface area contributed by atoms with Gasteiger partial charge in [0.05, 0.1) is 13.4 Å². The molecular formula is C30H27IN8O5. The number of aliphatic hydroxyl groups is 2. The Kier molecular flexibility index (Phi) is 8.00. The molecule has 1 aliphatic heterocycles. The lowest BCUT2D eigenvalue weighted by Crippen LogP contribution is -2.42. The fourth-order valence-corrected chi connectivity index (χ4v) is 6.35. The average molecular weight is 707 g/mol. The lowest BCUT2D eigenvalue weighted by atomic mass is 9.77. The molecule has 14 heteroatoms. The van der Waals surface area contributed by atoms with Crippen LogP contribution < -0.4 is 15.6 Å². The van der Waals surface area contributed by atoms with Crippen LogP contribution in [0.1, 0.15) is 22.9 Å². The molecule has 6 rings (SSSR count). The number of alkyl halides is 1. The van der Waals surface area contributed by atoms with E-state index in [-0.39, 0.29) is 21.5 Å². The highest BCUT2D eigenvalue weighted by Gasteiger charge is 2.54. The van der Waals surface area contributed by atoms with Crippen molar-refractivity contribution in [3.63, 3.8) is 0 Å². The summed E-state index contributed by atoms with van der Waals surface area (Å²) in [6.07, 6.45) is -2.98. The van der Waals surface area contributed by atoms with Crippen molar-refractivity contribution >= 4 is 39.7 Å². The summed E-state index contributed by atoms with van der Waals surface area (Å²) in [5.74, 6) is 0.789. The first-order valence-corrected chi connectivity index (χ1v) is 15.1. The van der Waals surface area contributed by atoms with Gasteiger partial charge in [-0.15, -0.1) is 0 Å². The van der Waals surface area contributed by atoms with E-state index in [4.69, 9.17) is 20.0 Å². The molecule has 2 aromatic heterocycles. The predicted molar refractivity (Wildman–Crippen MR) is 170 cm³/mol. The van der Waals surface area contributed by atoms with E-state index < -0.39 is 35.3 Å². The molecule has 13 nitrogen and oxygen atoms in total. The number of nitrogens with one attached hydrogen (secondary N) is 2. The van der Waals surface area contributed by atoms with E-state index in [1.807, 2.05) is 108 Å². The number of anilines is 1. The minimum atomic E-state index is -1.72. The van der Waals surface area contributed by atoms with Crippen LogP contribution in [0.4, 0.5) is 5.95 Å². The number of azide groups is 1. The van der Waals surface area contributed by atoms with Gasteiger partial charge in [0.2, 0.25) is 5.95 Å². The average Bonchev–Trinajstić information content (AvgIpc) is 3.60. The summed E-state index contributed by atoms with van der Waals surface area (Å²) in [5.41, 5.74) is 8.45. The first kappa shape index (κ1) is 29.6. The number of aliphatic hydroxyl groups excluding tert-OH is 2. The summed E-state index contributed by atoms with van der Waals surface area (Å²) in [5, 5.41) is 28.9. The largest absolute Gasteiger partial charge is 0.497 e. The molecule has 0 saturated carbocycles. The third-order valence-corrected chi connectivity index (χ3v) is 8.85. The Bertz CT molecular complexity index is 1840. The topological polar surface area (TPSA) is 183 Å².